The molecular formula is C15H14N2O3S. The van der Waals surface area contributed by atoms with E-state index in [1.54, 1.807) is 11.9 Å². The van der Waals surface area contributed by atoms with E-state index >= 15 is 0 Å². The average molecular weight is 302 g/mol. The van der Waals surface area contributed by atoms with Gasteiger partial charge in [0.2, 0.25) is 5.91 Å². The van der Waals surface area contributed by atoms with Crippen LogP contribution in [0.1, 0.15) is 10.4 Å². The number of hydrogen-bond donors (Lipinski definition) is 1. The Labute approximate surface area is 126 Å². The molecular weight excluding hydrogens is 288 g/mol. The summed E-state index contributed by atoms with van der Waals surface area (Å²) in [6.07, 6.45) is 1.43. The number of carbonyl (C=O) groups excluding carboxylic acids is 1. The van der Waals surface area contributed by atoms with E-state index in [4.69, 9.17) is 5.11 Å². The van der Waals surface area contributed by atoms with Crippen molar-refractivity contribution in [3.05, 3.63) is 54.2 Å². The molecule has 0 unspecified atom stereocenters. The van der Waals surface area contributed by atoms with Crippen molar-refractivity contribution in [2.24, 2.45) is 0 Å². The Hall–Kier alpha value is -2.34. The van der Waals surface area contributed by atoms with Crippen LogP contribution in [0.2, 0.25) is 0 Å². The van der Waals surface area contributed by atoms with Crippen LogP contribution in [0.3, 0.4) is 0 Å². The molecule has 0 aliphatic carbocycles. The van der Waals surface area contributed by atoms with Crippen molar-refractivity contribution in [1.82, 2.24) is 4.98 Å². The van der Waals surface area contributed by atoms with Gasteiger partial charge in [-0.15, -0.1) is 0 Å². The number of aromatic nitrogens is 1. The first-order valence-corrected chi connectivity index (χ1v) is 7.20. The minimum absolute atomic E-state index is 0.0753. The summed E-state index contributed by atoms with van der Waals surface area (Å²) in [5.74, 6) is -0.887. The second-order valence-electron chi connectivity index (χ2n) is 4.26. The molecule has 0 fully saturated rings. The molecule has 1 aromatic heterocycles. The number of thioether (sulfide) groups is 1. The third-order valence-corrected chi connectivity index (χ3v) is 3.75. The number of carboxylic acids is 1. The highest BCUT2D eigenvalue weighted by atomic mass is 32.2. The second-order valence-corrected chi connectivity index (χ2v) is 5.26. The first-order chi connectivity index (χ1) is 10.1. The summed E-state index contributed by atoms with van der Waals surface area (Å²) in [7, 11) is 1.71. The maximum absolute atomic E-state index is 12.1. The van der Waals surface area contributed by atoms with Crippen LogP contribution in [-0.4, -0.2) is 34.8 Å². The van der Waals surface area contributed by atoms with Crippen LogP contribution in [0.5, 0.6) is 0 Å². The van der Waals surface area contributed by atoms with Crippen LogP contribution in [-0.2, 0) is 4.79 Å². The standard InChI is InChI=1S/C15H14N2O3S/c1-17(12-5-3-2-4-6-12)14(18)10-21-13-9-11(15(19)20)7-8-16-13/h2-9H,10H2,1H3,(H,19,20). The third kappa shape index (κ3) is 4.06. The maximum Gasteiger partial charge on any atom is 0.335 e. The average Bonchev–Trinajstić information content (AvgIpc) is 2.53. The molecule has 108 valence electrons. The van der Waals surface area contributed by atoms with E-state index in [-0.39, 0.29) is 17.2 Å². The van der Waals surface area contributed by atoms with E-state index in [1.807, 2.05) is 30.3 Å². The SMILES string of the molecule is CN(C(=O)CSc1cc(C(=O)O)ccn1)c1ccccc1. The smallest absolute Gasteiger partial charge is 0.335 e. The Morgan fingerprint density at radius 3 is 2.62 bits per heavy atom. The van der Waals surface area contributed by atoms with Crippen molar-refractivity contribution in [3.8, 4) is 0 Å². The number of nitrogens with zero attached hydrogens (tertiary/aromatic N) is 2. The molecule has 1 amide bonds. The molecule has 5 nitrogen and oxygen atoms in total. The monoisotopic (exact) mass is 302 g/mol. The van der Waals surface area contributed by atoms with Crippen LogP contribution in [0, 0.1) is 0 Å². The molecule has 0 atom stereocenters. The summed E-state index contributed by atoms with van der Waals surface area (Å²) in [6, 6.07) is 12.2. The molecule has 0 bridgehead atoms. The predicted molar refractivity (Wildman–Crippen MR) is 81.8 cm³/mol. The Morgan fingerprint density at radius 1 is 1.24 bits per heavy atom. The topological polar surface area (TPSA) is 70.5 Å². The summed E-state index contributed by atoms with van der Waals surface area (Å²) >= 11 is 1.22. The van der Waals surface area contributed by atoms with Gasteiger partial charge in [-0.2, -0.15) is 0 Å². The molecule has 0 aliphatic heterocycles. The molecule has 2 rings (SSSR count). The van der Waals surface area contributed by atoms with Gasteiger partial charge < -0.3 is 10.0 Å². The molecule has 21 heavy (non-hydrogen) atoms. The molecule has 1 heterocycles. The van der Waals surface area contributed by atoms with Gasteiger partial charge in [-0.3, -0.25) is 4.79 Å². The van der Waals surface area contributed by atoms with Gasteiger partial charge in [0.05, 0.1) is 16.3 Å². The van der Waals surface area contributed by atoms with E-state index in [0.29, 0.717) is 5.03 Å². The highest BCUT2D eigenvalue weighted by Gasteiger charge is 2.12. The van der Waals surface area contributed by atoms with Crippen molar-refractivity contribution >= 4 is 29.3 Å². The van der Waals surface area contributed by atoms with Gasteiger partial charge in [-0.1, -0.05) is 30.0 Å². The molecule has 1 N–H and O–H groups in total. The number of hydrogen-bond acceptors (Lipinski definition) is 4. The fraction of sp³-hybridized carbons (Fsp3) is 0.133. The lowest BCUT2D eigenvalue weighted by Gasteiger charge is -2.16. The fourth-order valence-electron chi connectivity index (χ4n) is 1.65. The summed E-state index contributed by atoms with van der Waals surface area (Å²) in [5.41, 5.74) is 0.978. The van der Waals surface area contributed by atoms with E-state index in [0.717, 1.165) is 5.69 Å². The number of benzene rings is 1. The number of pyridine rings is 1. The summed E-state index contributed by atoms with van der Waals surface area (Å²) in [5, 5.41) is 9.43. The molecule has 0 radical (unpaired) electrons. The Bertz CT molecular complexity index is 646. The van der Waals surface area contributed by atoms with Crippen LogP contribution in [0.4, 0.5) is 5.69 Å². The molecule has 2 aromatic rings. The number of carboxylic acid groups (broad SMARTS) is 1. The van der Waals surface area contributed by atoms with E-state index < -0.39 is 5.97 Å². The Morgan fingerprint density at radius 2 is 1.95 bits per heavy atom. The zero-order valence-electron chi connectivity index (χ0n) is 11.4. The number of para-hydroxylation sites is 1. The first kappa shape index (κ1) is 15.1. The lowest BCUT2D eigenvalue weighted by atomic mass is 10.3. The highest BCUT2D eigenvalue weighted by Crippen LogP contribution is 2.19. The number of rotatable bonds is 5. The number of anilines is 1. The maximum atomic E-state index is 12.1. The summed E-state index contributed by atoms with van der Waals surface area (Å²) in [6.45, 7) is 0. The van der Waals surface area contributed by atoms with Crippen molar-refractivity contribution in [2.75, 3.05) is 17.7 Å². The minimum atomic E-state index is -1.01. The number of aromatic carboxylic acids is 1. The van der Waals surface area contributed by atoms with Crippen molar-refractivity contribution in [3.63, 3.8) is 0 Å². The van der Waals surface area contributed by atoms with Crippen LogP contribution in [0.25, 0.3) is 0 Å². The third-order valence-electron chi connectivity index (χ3n) is 2.84. The lowest BCUT2D eigenvalue weighted by Crippen LogP contribution is -2.27. The second kappa shape index (κ2) is 6.90. The van der Waals surface area contributed by atoms with Crippen molar-refractivity contribution in [2.45, 2.75) is 5.03 Å². The van der Waals surface area contributed by atoms with Crippen LogP contribution < -0.4 is 4.90 Å². The van der Waals surface area contributed by atoms with E-state index in [2.05, 4.69) is 4.98 Å². The molecule has 0 aliphatic rings. The summed E-state index contributed by atoms with van der Waals surface area (Å²) in [4.78, 5) is 28.6. The molecule has 0 saturated carbocycles. The van der Waals surface area contributed by atoms with Crippen molar-refractivity contribution in [1.29, 1.82) is 0 Å². The quantitative estimate of drug-likeness (QED) is 0.859. The minimum Gasteiger partial charge on any atom is -0.478 e. The number of amides is 1. The van der Waals surface area contributed by atoms with Gasteiger partial charge in [-0.25, -0.2) is 9.78 Å². The van der Waals surface area contributed by atoms with Gasteiger partial charge in [0.15, 0.2) is 0 Å². The lowest BCUT2D eigenvalue weighted by molar-refractivity contribution is -0.115. The largest absolute Gasteiger partial charge is 0.478 e. The van der Waals surface area contributed by atoms with Crippen LogP contribution >= 0.6 is 11.8 Å². The molecule has 0 saturated heterocycles. The molecule has 0 spiro atoms. The van der Waals surface area contributed by atoms with Gasteiger partial charge in [-0.05, 0) is 24.3 Å². The fourth-order valence-corrected chi connectivity index (χ4v) is 2.46. The zero-order valence-corrected chi connectivity index (χ0v) is 12.2. The van der Waals surface area contributed by atoms with Gasteiger partial charge in [0.25, 0.3) is 0 Å². The first-order valence-electron chi connectivity index (χ1n) is 6.21. The normalized spacial score (nSPS) is 10.1. The Kier molecular flexibility index (Phi) is 4.94. The van der Waals surface area contributed by atoms with Crippen molar-refractivity contribution < 1.29 is 14.7 Å². The van der Waals surface area contributed by atoms with E-state index in [9.17, 15) is 9.59 Å². The zero-order chi connectivity index (χ0) is 15.2. The van der Waals surface area contributed by atoms with Crippen LogP contribution in [0.15, 0.2) is 53.7 Å². The van der Waals surface area contributed by atoms with Gasteiger partial charge >= 0.3 is 5.97 Å². The summed E-state index contributed by atoms with van der Waals surface area (Å²) < 4.78 is 0. The predicted octanol–water partition coefficient (Wildman–Crippen LogP) is 2.53. The van der Waals surface area contributed by atoms with Gasteiger partial charge in [0, 0.05) is 18.9 Å². The Balaban J connectivity index is 1.98. The number of carbonyl (C=O) groups is 2. The molecule has 1 aromatic carbocycles. The molecule has 6 heteroatoms. The highest BCUT2D eigenvalue weighted by molar-refractivity contribution is 7.99. The van der Waals surface area contributed by atoms with Gasteiger partial charge in [0.1, 0.15) is 0 Å². The van der Waals surface area contributed by atoms with E-state index in [1.165, 1.54) is 30.1 Å².